The maximum atomic E-state index is 13.7. The van der Waals surface area contributed by atoms with Crippen LogP contribution in [0, 0.1) is 17.3 Å². The van der Waals surface area contributed by atoms with Crippen LogP contribution in [0.3, 0.4) is 0 Å². The van der Waals surface area contributed by atoms with E-state index in [-0.39, 0.29) is 32.8 Å². The summed E-state index contributed by atoms with van der Waals surface area (Å²) in [5, 5.41) is 11.5. The predicted molar refractivity (Wildman–Crippen MR) is 137 cm³/mol. The van der Waals surface area contributed by atoms with E-state index in [0.29, 0.717) is 17.0 Å². The lowest BCUT2D eigenvalue weighted by Crippen LogP contribution is -2.13. The number of hydrogen-bond acceptors (Lipinski definition) is 10. The molecule has 4 aromatic rings. The summed E-state index contributed by atoms with van der Waals surface area (Å²) in [4.78, 5) is 16.1. The Hall–Kier alpha value is -4.67. The number of nitrogens with one attached hydrogen (secondary N) is 1. The molecular formula is C24H18FN7O3S2. The average Bonchev–Trinajstić information content (AvgIpc) is 3.40. The van der Waals surface area contributed by atoms with E-state index in [1.54, 1.807) is 23.6 Å². The zero-order valence-corrected chi connectivity index (χ0v) is 20.8. The van der Waals surface area contributed by atoms with E-state index in [0.717, 1.165) is 11.3 Å². The molecule has 3 N–H and O–H groups in total. The number of allylic oxidation sites excluding steroid dienone is 1. The van der Waals surface area contributed by atoms with Crippen LogP contribution in [-0.4, -0.2) is 36.1 Å². The van der Waals surface area contributed by atoms with Gasteiger partial charge in [0, 0.05) is 36.5 Å². The summed E-state index contributed by atoms with van der Waals surface area (Å²) in [6.45, 7) is 0. The number of nitriles is 1. The average molecular weight is 536 g/mol. The number of nitrogens with zero attached hydrogens (tertiary/aromatic N) is 5. The van der Waals surface area contributed by atoms with E-state index in [4.69, 9.17) is 10.5 Å². The molecule has 0 radical (unpaired) electrons. The maximum Gasteiger partial charge on any atom is 0.263 e. The maximum absolute atomic E-state index is 13.7. The van der Waals surface area contributed by atoms with Crippen molar-refractivity contribution in [2.24, 2.45) is 10.7 Å². The highest BCUT2D eigenvalue weighted by Gasteiger charge is 2.20. The molecule has 3 aromatic heterocycles. The van der Waals surface area contributed by atoms with Gasteiger partial charge in [0.2, 0.25) is 5.95 Å². The molecule has 0 aliphatic rings. The second-order valence-corrected chi connectivity index (χ2v) is 9.77. The molecule has 3 heterocycles. The number of halogens is 1. The molecule has 0 fully saturated rings. The minimum atomic E-state index is -3.98. The van der Waals surface area contributed by atoms with Crippen LogP contribution in [0.1, 0.15) is 11.3 Å². The topological polar surface area (TPSA) is 156 Å². The number of hydrogen-bond donors (Lipinski definition) is 2. The summed E-state index contributed by atoms with van der Waals surface area (Å²) in [5.74, 6) is -0.357. The smallest absolute Gasteiger partial charge is 0.263 e. The van der Waals surface area contributed by atoms with Crippen molar-refractivity contribution in [1.29, 1.82) is 5.26 Å². The summed E-state index contributed by atoms with van der Waals surface area (Å²) in [7, 11) is -2.44. The SMILES string of the molecule is CN=C(C=CN)c1nc(-c2ccnc(F)c2)ccc1Oc1ccc(S(=O)(=O)Nc2nccs2)cc1C#N. The van der Waals surface area contributed by atoms with Crippen LogP contribution in [0.15, 0.2) is 82.4 Å². The van der Waals surface area contributed by atoms with Crippen LogP contribution in [0.4, 0.5) is 9.52 Å². The Bertz CT molecular complexity index is 1650. The Morgan fingerprint density at radius 2 is 2.00 bits per heavy atom. The molecule has 0 bridgehead atoms. The number of pyridine rings is 2. The summed E-state index contributed by atoms with van der Waals surface area (Å²) in [6, 6.07) is 11.9. The van der Waals surface area contributed by atoms with Crippen LogP contribution in [0.25, 0.3) is 11.3 Å². The van der Waals surface area contributed by atoms with E-state index in [1.807, 2.05) is 6.07 Å². The molecule has 0 amide bonds. The Morgan fingerprint density at radius 3 is 2.68 bits per heavy atom. The highest BCUT2D eigenvalue weighted by molar-refractivity contribution is 7.93. The van der Waals surface area contributed by atoms with Crippen molar-refractivity contribution in [2.45, 2.75) is 4.90 Å². The summed E-state index contributed by atoms with van der Waals surface area (Å²) in [5.41, 5.74) is 7.07. The minimum Gasteiger partial charge on any atom is -0.454 e. The summed E-state index contributed by atoms with van der Waals surface area (Å²) >= 11 is 1.12. The second kappa shape index (κ2) is 10.9. The van der Waals surface area contributed by atoms with E-state index < -0.39 is 16.0 Å². The van der Waals surface area contributed by atoms with Gasteiger partial charge in [-0.2, -0.15) is 9.65 Å². The van der Waals surface area contributed by atoms with Crippen molar-refractivity contribution in [3.63, 3.8) is 0 Å². The van der Waals surface area contributed by atoms with Crippen molar-refractivity contribution in [3.05, 3.63) is 89.7 Å². The molecule has 37 heavy (non-hydrogen) atoms. The van der Waals surface area contributed by atoms with Crippen LogP contribution >= 0.6 is 11.3 Å². The monoisotopic (exact) mass is 535 g/mol. The van der Waals surface area contributed by atoms with Gasteiger partial charge in [-0.05, 0) is 48.7 Å². The van der Waals surface area contributed by atoms with Crippen molar-refractivity contribution < 1.29 is 17.5 Å². The fourth-order valence-corrected chi connectivity index (χ4v) is 5.02. The Labute approximate surface area is 215 Å². The number of sulfonamides is 1. The molecule has 0 saturated heterocycles. The van der Waals surface area contributed by atoms with Gasteiger partial charge in [0.15, 0.2) is 10.9 Å². The minimum absolute atomic E-state index is 0.0300. The highest BCUT2D eigenvalue weighted by atomic mass is 32.2. The number of nitrogens with two attached hydrogens (primary N) is 1. The zero-order valence-electron chi connectivity index (χ0n) is 19.2. The van der Waals surface area contributed by atoms with Gasteiger partial charge in [0.25, 0.3) is 10.0 Å². The van der Waals surface area contributed by atoms with E-state index in [1.165, 1.54) is 56.0 Å². The van der Waals surface area contributed by atoms with E-state index >= 15 is 0 Å². The fourth-order valence-electron chi connectivity index (χ4n) is 3.20. The van der Waals surface area contributed by atoms with Crippen molar-refractivity contribution in [3.8, 4) is 28.8 Å². The Morgan fingerprint density at radius 1 is 1.19 bits per heavy atom. The molecule has 4 rings (SSSR count). The second-order valence-electron chi connectivity index (χ2n) is 7.19. The van der Waals surface area contributed by atoms with Gasteiger partial charge >= 0.3 is 0 Å². The summed E-state index contributed by atoms with van der Waals surface area (Å²) in [6.07, 6.45) is 5.58. The number of thiazole rings is 1. The normalized spacial score (nSPS) is 11.9. The third kappa shape index (κ3) is 5.77. The van der Waals surface area contributed by atoms with Crippen LogP contribution < -0.4 is 15.2 Å². The lowest BCUT2D eigenvalue weighted by molar-refractivity contribution is 0.477. The number of rotatable bonds is 8. The molecule has 0 atom stereocenters. The predicted octanol–water partition coefficient (Wildman–Crippen LogP) is 4.10. The number of ether oxygens (including phenoxy) is 1. The van der Waals surface area contributed by atoms with Crippen molar-refractivity contribution in [2.75, 3.05) is 11.8 Å². The molecule has 0 aliphatic heterocycles. The molecule has 13 heteroatoms. The molecule has 0 spiro atoms. The third-order valence-electron chi connectivity index (χ3n) is 4.87. The van der Waals surface area contributed by atoms with Gasteiger partial charge in [-0.25, -0.2) is 23.4 Å². The lowest BCUT2D eigenvalue weighted by atomic mass is 10.1. The first-order valence-electron chi connectivity index (χ1n) is 10.5. The quantitative estimate of drug-likeness (QED) is 0.252. The van der Waals surface area contributed by atoms with Crippen LogP contribution in [0.5, 0.6) is 11.5 Å². The largest absolute Gasteiger partial charge is 0.454 e. The number of aromatic nitrogens is 3. The molecule has 1 aromatic carbocycles. The number of anilines is 1. The van der Waals surface area contributed by atoms with Gasteiger partial charge in [-0.1, -0.05) is 0 Å². The first-order chi connectivity index (χ1) is 17.8. The zero-order chi connectivity index (χ0) is 26.4. The molecule has 186 valence electrons. The van der Waals surface area contributed by atoms with Crippen LogP contribution in [0.2, 0.25) is 0 Å². The van der Waals surface area contributed by atoms with Gasteiger partial charge in [0.05, 0.1) is 21.9 Å². The first-order valence-corrected chi connectivity index (χ1v) is 12.8. The van der Waals surface area contributed by atoms with E-state index in [9.17, 15) is 18.1 Å². The first kappa shape index (κ1) is 25.4. The molecule has 0 unspecified atom stereocenters. The van der Waals surface area contributed by atoms with Gasteiger partial charge in [-0.15, -0.1) is 11.3 Å². The lowest BCUT2D eigenvalue weighted by Gasteiger charge is -2.14. The number of aliphatic imine (C=N–C) groups is 1. The van der Waals surface area contributed by atoms with Crippen molar-refractivity contribution >= 4 is 32.2 Å². The Balaban J connectivity index is 1.73. The van der Waals surface area contributed by atoms with Gasteiger partial charge in [0.1, 0.15) is 17.5 Å². The van der Waals surface area contributed by atoms with Gasteiger partial charge < -0.3 is 10.5 Å². The standard InChI is InChI=1S/C24H18FN7O3S2/c1-28-19(6-8-26)23-21(5-3-18(31-23)15-7-9-29-22(25)13-15)35-20-4-2-17(12-16(20)14-27)37(33,34)32-24-30-10-11-36-24/h2-13H,26H2,1H3,(H,30,32). The highest BCUT2D eigenvalue weighted by Crippen LogP contribution is 2.32. The third-order valence-corrected chi connectivity index (χ3v) is 7.03. The summed E-state index contributed by atoms with van der Waals surface area (Å²) < 4.78 is 47.5. The molecule has 0 aliphatic carbocycles. The fraction of sp³-hybridized carbons (Fsp3) is 0.0417. The Kier molecular flexibility index (Phi) is 7.52. The van der Waals surface area contributed by atoms with Crippen LogP contribution in [-0.2, 0) is 10.0 Å². The number of benzene rings is 1. The van der Waals surface area contributed by atoms with Crippen molar-refractivity contribution in [1.82, 2.24) is 15.0 Å². The van der Waals surface area contributed by atoms with E-state index in [2.05, 4.69) is 24.7 Å². The molecular weight excluding hydrogens is 517 g/mol. The van der Waals surface area contributed by atoms with Gasteiger partial charge in [-0.3, -0.25) is 9.71 Å². The molecule has 10 nitrogen and oxygen atoms in total. The molecule has 0 saturated carbocycles.